The minimum atomic E-state index is -0.0295. The molecule has 0 N–H and O–H groups in total. The number of Topliss-reactive ketones (excluding diaryl/α,β-unsaturated/α-hetero) is 1. The van der Waals surface area contributed by atoms with Crippen molar-refractivity contribution in [3.63, 3.8) is 0 Å². The largest absolute Gasteiger partial charge is 0.496 e. The number of aromatic nitrogens is 1. The van der Waals surface area contributed by atoms with E-state index in [-0.39, 0.29) is 11.1 Å². The summed E-state index contributed by atoms with van der Waals surface area (Å²) in [5.74, 6) is 1.12. The monoisotopic (exact) mass is 335 g/mol. The van der Waals surface area contributed by atoms with Crippen LogP contribution in [0.1, 0.15) is 16.1 Å². The molecule has 20 heavy (non-hydrogen) atoms. The molecule has 0 fully saturated rings. The average Bonchev–Trinajstić information content (AvgIpc) is 2.52. The van der Waals surface area contributed by atoms with E-state index < -0.39 is 0 Å². The molecular weight excluding hydrogens is 322 g/mol. The number of rotatable bonds is 6. The molecule has 1 heterocycles. The molecule has 0 amide bonds. The molecular formula is C15H14BrNO3. The van der Waals surface area contributed by atoms with Gasteiger partial charge < -0.3 is 9.47 Å². The second-order valence-corrected chi connectivity index (χ2v) is 4.59. The van der Waals surface area contributed by atoms with Gasteiger partial charge in [-0.05, 0) is 24.3 Å². The molecule has 0 spiro atoms. The zero-order valence-corrected chi connectivity index (χ0v) is 12.6. The van der Waals surface area contributed by atoms with E-state index in [2.05, 4.69) is 20.9 Å². The number of hydrogen-bond acceptors (Lipinski definition) is 4. The molecule has 1 aromatic carbocycles. The van der Waals surface area contributed by atoms with Crippen molar-refractivity contribution in [3.8, 4) is 11.5 Å². The first kappa shape index (κ1) is 14.5. The number of ketones is 1. The molecule has 0 aliphatic carbocycles. The fraction of sp³-hybridized carbons (Fsp3) is 0.200. The van der Waals surface area contributed by atoms with Gasteiger partial charge in [-0.1, -0.05) is 22.0 Å². The summed E-state index contributed by atoms with van der Waals surface area (Å²) in [5, 5.41) is 0.261. The van der Waals surface area contributed by atoms with Gasteiger partial charge in [-0.25, -0.2) is 0 Å². The van der Waals surface area contributed by atoms with Crippen molar-refractivity contribution in [2.24, 2.45) is 0 Å². The summed E-state index contributed by atoms with van der Waals surface area (Å²) >= 11 is 3.15. The van der Waals surface area contributed by atoms with Crippen molar-refractivity contribution in [1.82, 2.24) is 4.98 Å². The lowest BCUT2D eigenvalue weighted by Gasteiger charge is -2.10. The topological polar surface area (TPSA) is 48.4 Å². The minimum absolute atomic E-state index is 0.0295. The molecule has 0 radical (unpaired) electrons. The van der Waals surface area contributed by atoms with Crippen LogP contribution in [0.4, 0.5) is 0 Å². The van der Waals surface area contributed by atoms with E-state index >= 15 is 0 Å². The quantitative estimate of drug-likeness (QED) is 0.600. The van der Waals surface area contributed by atoms with Crippen LogP contribution in [-0.2, 0) is 6.61 Å². The normalized spacial score (nSPS) is 10.1. The molecule has 0 aliphatic heterocycles. The fourth-order valence-electron chi connectivity index (χ4n) is 1.70. The second kappa shape index (κ2) is 7.05. The van der Waals surface area contributed by atoms with Gasteiger partial charge in [0, 0.05) is 12.3 Å². The summed E-state index contributed by atoms with van der Waals surface area (Å²) < 4.78 is 10.9. The van der Waals surface area contributed by atoms with Crippen LogP contribution in [-0.4, -0.2) is 23.2 Å². The number of alkyl halides is 1. The average molecular weight is 336 g/mol. The standard InChI is InChI=1S/C15H14BrNO3/c1-19-15-8-12(5-6-13(15)14(18)9-16)20-10-11-4-2-3-7-17-11/h2-8H,9-10H2,1H3. The van der Waals surface area contributed by atoms with Crippen molar-refractivity contribution < 1.29 is 14.3 Å². The van der Waals surface area contributed by atoms with Crippen LogP contribution >= 0.6 is 15.9 Å². The minimum Gasteiger partial charge on any atom is -0.496 e. The molecule has 4 nitrogen and oxygen atoms in total. The van der Waals surface area contributed by atoms with Crippen LogP contribution in [0, 0.1) is 0 Å². The molecule has 5 heteroatoms. The Morgan fingerprint density at radius 3 is 2.80 bits per heavy atom. The van der Waals surface area contributed by atoms with Crippen LogP contribution in [0.15, 0.2) is 42.6 Å². The number of hydrogen-bond donors (Lipinski definition) is 0. The SMILES string of the molecule is COc1cc(OCc2ccccn2)ccc1C(=O)CBr. The number of carbonyl (C=O) groups excluding carboxylic acids is 1. The molecule has 0 unspecified atom stereocenters. The summed E-state index contributed by atoms with van der Waals surface area (Å²) in [6.07, 6.45) is 1.72. The lowest BCUT2D eigenvalue weighted by atomic mass is 10.1. The van der Waals surface area contributed by atoms with Crippen molar-refractivity contribution in [3.05, 3.63) is 53.9 Å². The Kier molecular flexibility index (Phi) is 5.12. The maximum Gasteiger partial charge on any atom is 0.177 e. The van der Waals surface area contributed by atoms with E-state index in [1.807, 2.05) is 18.2 Å². The molecule has 0 saturated heterocycles. The number of carbonyl (C=O) groups is 1. The highest BCUT2D eigenvalue weighted by Crippen LogP contribution is 2.26. The van der Waals surface area contributed by atoms with Gasteiger partial charge in [0.1, 0.15) is 18.1 Å². The van der Waals surface area contributed by atoms with E-state index in [9.17, 15) is 4.79 Å². The summed E-state index contributed by atoms with van der Waals surface area (Å²) in [4.78, 5) is 15.9. The van der Waals surface area contributed by atoms with Gasteiger partial charge in [-0.15, -0.1) is 0 Å². The molecule has 0 atom stereocenters. The number of pyridine rings is 1. The first-order chi connectivity index (χ1) is 9.74. The number of methoxy groups -OCH3 is 1. The zero-order chi connectivity index (χ0) is 14.4. The van der Waals surface area contributed by atoms with E-state index in [1.54, 1.807) is 24.4 Å². The van der Waals surface area contributed by atoms with Gasteiger partial charge in [-0.3, -0.25) is 9.78 Å². The molecule has 2 rings (SSSR count). The van der Waals surface area contributed by atoms with Gasteiger partial charge in [0.2, 0.25) is 0 Å². The van der Waals surface area contributed by atoms with E-state index in [0.717, 1.165) is 5.69 Å². The summed E-state index contributed by atoms with van der Waals surface area (Å²) in [5.41, 5.74) is 1.38. The van der Waals surface area contributed by atoms with Crippen LogP contribution < -0.4 is 9.47 Å². The lowest BCUT2D eigenvalue weighted by molar-refractivity contribution is 0.102. The number of benzene rings is 1. The fourth-order valence-corrected chi connectivity index (χ4v) is 2.01. The smallest absolute Gasteiger partial charge is 0.177 e. The molecule has 0 aliphatic rings. The highest BCUT2D eigenvalue weighted by Gasteiger charge is 2.12. The molecule has 1 aromatic heterocycles. The molecule has 0 saturated carbocycles. The molecule has 2 aromatic rings. The number of nitrogens with zero attached hydrogens (tertiary/aromatic N) is 1. The maximum atomic E-state index is 11.7. The molecule has 104 valence electrons. The highest BCUT2D eigenvalue weighted by atomic mass is 79.9. The van der Waals surface area contributed by atoms with Crippen molar-refractivity contribution >= 4 is 21.7 Å². The summed E-state index contributed by atoms with van der Waals surface area (Å²) in [6.45, 7) is 0.371. The summed E-state index contributed by atoms with van der Waals surface area (Å²) in [6, 6.07) is 10.8. The third-order valence-corrected chi connectivity index (χ3v) is 3.22. The zero-order valence-electron chi connectivity index (χ0n) is 11.0. The maximum absolute atomic E-state index is 11.7. The van der Waals surface area contributed by atoms with Crippen molar-refractivity contribution in [2.45, 2.75) is 6.61 Å². The van der Waals surface area contributed by atoms with Crippen molar-refractivity contribution in [2.75, 3.05) is 12.4 Å². The van der Waals surface area contributed by atoms with Crippen LogP contribution in [0.2, 0.25) is 0 Å². The Labute approximate surface area is 125 Å². The lowest BCUT2D eigenvalue weighted by Crippen LogP contribution is -2.04. The Balaban J connectivity index is 2.12. The van der Waals surface area contributed by atoms with E-state index in [4.69, 9.17) is 9.47 Å². The van der Waals surface area contributed by atoms with Crippen LogP contribution in [0.5, 0.6) is 11.5 Å². The van der Waals surface area contributed by atoms with E-state index in [0.29, 0.717) is 23.7 Å². The van der Waals surface area contributed by atoms with Gasteiger partial charge in [0.15, 0.2) is 5.78 Å². The highest BCUT2D eigenvalue weighted by molar-refractivity contribution is 9.09. The third-order valence-electron chi connectivity index (χ3n) is 2.71. The third kappa shape index (κ3) is 3.57. The number of ether oxygens (including phenoxy) is 2. The Morgan fingerprint density at radius 2 is 2.15 bits per heavy atom. The van der Waals surface area contributed by atoms with Gasteiger partial charge in [-0.2, -0.15) is 0 Å². The van der Waals surface area contributed by atoms with Crippen LogP contribution in [0.3, 0.4) is 0 Å². The Morgan fingerprint density at radius 1 is 1.30 bits per heavy atom. The van der Waals surface area contributed by atoms with Crippen molar-refractivity contribution in [1.29, 1.82) is 0 Å². The molecule has 0 bridgehead atoms. The van der Waals surface area contributed by atoms with Gasteiger partial charge >= 0.3 is 0 Å². The predicted molar refractivity (Wildman–Crippen MR) is 79.7 cm³/mol. The van der Waals surface area contributed by atoms with Gasteiger partial charge in [0.05, 0.1) is 23.7 Å². The Hall–Kier alpha value is -1.88. The van der Waals surface area contributed by atoms with E-state index in [1.165, 1.54) is 7.11 Å². The first-order valence-electron chi connectivity index (χ1n) is 6.04. The van der Waals surface area contributed by atoms with Gasteiger partial charge in [0.25, 0.3) is 0 Å². The van der Waals surface area contributed by atoms with Crippen LogP contribution in [0.25, 0.3) is 0 Å². The summed E-state index contributed by atoms with van der Waals surface area (Å²) in [7, 11) is 1.53. The second-order valence-electron chi connectivity index (χ2n) is 4.03. The predicted octanol–water partition coefficient (Wildman–Crippen LogP) is 3.25. The first-order valence-corrected chi connectivity index (χ1v) is 7.16. The Bertz CT molecular complexity index is 587. The number of halogens is 1.